The van der Waals surface area contributed by atoms with Gasteiger partial charge in [0.25, 0.3) is 0 Å². The summed E-state index contributed by atoms with van der Waals surface area (Å²) in [6.07, 6.45) is 13.6. The van der Waals surface area contributed by atoms with E-state index >= 15 is 0 Å². The van der Waals surface area contributed by atoms with Crippen molar-refractivity contribution >= 4 is 11.6 Å². The van der Waals surface area contributed by atoms with Crippen LogP contribution < -0.4 is 0 Å². The largest absolute Gasteiger partial charge is 0.389 e. The van der Waals surface area contributed by atoms with Crippen LogP contribution in [0.2, 0.25) is 0 Å². The third kappa shape index (κ3) is 3.36. The van der Waals surface area contributed by atoms with Crippen molar-refractivity contribution in [1.29, 1.82) is 0 Å². The first-order chi connectivity index (χ1) is 8.96. The van der Waals surface area contributed by atoms with E-state index in [1.165, 1.54) is 32.1 Å². The molecule has 2 atom stereocenters. The van der Waals surface area contributed by atoms with E-state index in [1.54, 1.807) is 0 Å². The molecule has 0 aliphatic heterocycles. The first kappa shape index (κ1) is 15.4. The van der Waals surface area contributed by atoms with Crippen LogP contribution >= 0.6 is 11.6 Å². The maximum Gasteiger partial charge on any atom is 0.0729 e. The van der Waals surface area contributed by atoms with Gasteiger partial charge in [-0.2, -0.15) is 0 Å². The summed E-state index contributed by atoms with van der Waals surface area (Å²) in [4.78, 5) is 0. The van der Waals surface area contributed by atoms with Gasteiger partial charge in [-0.05, 0) is 43.4 Å². The number of aliphatic hydroxyl groups is 1. The Balaban J connectivity index is 2.19. The van der Waals surface area contributed by atoms with Gasteiger partial charge in [-0.25, -0.2) is 0 Å². The SMILES string of the molecule is CC1(C)CCCCCCC[C@]1(O)[C@H]1CC=C(Cl)CC1. The minimum absolute atomic E-state index is 0.0274. The lowest BCUT2D eigenvalue weighted by Crippen LogP contribution is -2.51. The molecule has 110 valence electrons. The second kappa shape index (κ2) is 6.18. The quantitative estimate of drug-likeness (QED) is 0.682. The zero-order valence-corrected chi connectivity index (χ0v) is 13.3. The molecular formula is C17H29ClO. The molecule has 2 aliphatic rings. The lowest BCUT2D eigenvalue weighted by molar-refractivity contribution is -0.125. The predicted molar refractivity (Wildman–Crippen MR) is 82.3 cm³/mol. The molecule has 1 saturated carbocycles. The third-order valence-corrected chi connectivity index (χ3v) is 5.91. The average molecular weight is 285 g/mol. The van der Waals surface area contributed by atoms with Crippen molar-refractivity contribution in [1.82, 2.24) is 0 Å². The standard InChI is InChI=1S/C17H29ClO/c1-16(2)12-6-4-3-5-7-13-17(16,19)14-8-10-15(18)11-9-14/h10,14,19H,3-9,11-13H2,1-2H3/t14-,17-/m0/s1. The average Bonchev–Trinajstić information content (AvgIpc) is 2.43. The van der Waals surface area contributed by atoms with Crippen LogP contribution in [0.5, 0.6) is 0 Å². The number of rotatable bonds is 1. The molecule has 0 radical (unpaired) electrons. The zero-order chi connectivity index (χ0) is 13.9. The Bertz CT molecular complexity index is 334. The van der Waals surface area contributed by atoms with Gasteiger partial charge in [0.2, 0.25) is 0 Å². The van der Waals surface area contributed by atoms with Crippen molar-refractivity contribution in [2.24, 2.45) is 11.3 Å². The molecule has 0 spiro atoms. The third-order valence-electron chi connectivity index (χ3n) is 5.56. The highest BCUT2D eigenvalue weighted by atomic mass is 35.5. The molecule has 1 N–H and O–H groups in total. The fourth-order valence-corrected chi connectivity index (χ4v) is 4.24. The molecule has 0 amide bonds. The molecule has 1 nitrogen and oxygen atoms in total. The van der Waals surface area contributed by atoms with Crippen molar-refractivity contribution < 1.29 is 5.11 Å². The van der Waals surface area contributed by atoms with Crippen LogP contribution in [0.3, 0.4) is 0 Å². The summed E-state index contributed by atoms with van der Waals surface area (Å²) in [5, 5.41) is 12.5. The van der Waals surface area contributed by atoms with Gasteiger partial charge in [-0.15, -0.1) is 0 Å². The molecule has 2 heteroatoms. The van der Waals surface area contributed by atoms with Crippen molar-refractivity contribution in [3.05, 3.63) is 11.1 Å². The Morgan fingerprint density at radius 3 is 2.37 bits per heavy atom. The summed E-state index contributed by atoms with van der Waals surface area (Å²) in [6.45, 7) is 4.55. The smallest absolute Gasteiger partial charge is 0.0729 e. The lowest BCUT2D eigenvalue weighted by atomic mass is 9.61. The fourth-order valence-electron chi connectivity index (χ4n) is 4.04. The van der Waals surface area contributed by atoms with Gasteiger partial charge < -0.3 is 5.11 Å². The second-order valence-corrected chi connectivity index (χ2v) is 7.68. The predicted octanol–water partition coefficient (Wildman–Crippen LogP) is 5.41. The topological polar surface area (TPSA) is 20.2 Å². The van der Waals surface area contributed by atoms with Crippen LogP contribution in [0.15, 0.2) is 11.1 Å². The highest BCUT2D eigenvalue weighted by Gasteiger charge is 2.48. The van der Waals surface area contributed by atoms with Crippen molar-refractivity contribution in [2.75, 3.05) is 0 Å². The van der Waals surface area contributed by atoms with Gasteiger partial charge >= 0.3 is 0 Å². The van der Waals surface area contributed by atoms with E-state index in [0.717, 1.165) is 37.1 Å². The van der Waals surface area contributed by atoms with Crippen LogP contribution in [-0.4, -0.2) is 10.7 Å². The number of allylic oxidation sites excluding steroid dienone is 2. The molecule has 0 heterocycles. The second-order valence-electron chi connectivity index (χ2n) is 7.20. The van der Waals surface area contributed by atoms with Gasteiger partial charge in [0.15, 0.2) is 0 Å². The molecule has 0 aromatic rings. The monoisotopic (exact) mass is 284 g/mol. The van der Waals surface area contributed by atoms with Crippen LogP contribution in [0, 0.1) is 11.3 Å². The Morgan fingerprint density at radius 2 is 1.74 bits per heavy atom. The summed E-state index contributed by atoms with van der Waals surface area (Å²) in [5.74, 6) is 0.392. The van der Waals surface area contributed by atoms with Gasteiger partial charge in [-0.1, -0.05) is 63.6 Å². The molecule has 19 heavy (non-hydrogen) atoms. The first-order valence-electron chi connectivity index (χ1n) is 8.03. The summed E-state index contributed by atoms with van der Waals surface area (Å²) >= 11 is 6.10. The molecule has 0 saturated heterocycles. The maximum atomic E-state index is 11.5. The van der Waals surface area contributed by atoms with Crippen LogP contribution in [0.4, 0.5) is 0 Å². The normalized spacial score (nSPS) is 36.8. The number of halogens is 1. The van der Waals surface area contributed by atoms with Crippen LogP contribution in [-0.2, 0) is 0 Å². The Hall–Kier alpha value is -0.0100. The Kier molecular flexibility index (Phi) is 5.00. The summed E-state index contributed by atoms with van der Waals surface area (Å²) in [6, 6.07) is 0. The molecule has 0 unspecified atom stereocenters. The maximum absolute atomic E-state index is 11.5. The molecule has 1 fully saturated rings. The van der Waals surface area contributed by atoms with E-state index in [4.69, 9.17) is 11.6 Å². The lowest BCUT2D eigenvalue weighted by Gasteiger charge is -2.49. The Labute approximate surface area is 123 Å². The molecule has 0 bridgehead atoms. The van der Waals surface area contributed by atoms with Gasteiger partial charge in [0, 0.05) is 5.03 Å². The highest BCUT2D eigenvalue weighted by Crippen LogP contribution is 2.49. The van der Waals surface area contributed by atoms with E-state index in [0.29, 0.717) is 5.92 Å². The van der Waals surface area contributed by atoms with E-state index in [2.05, 4.69) is 19.9 Å². The summed E-state index contributed by atoms with van der Waals surface area (Å²) in [5.41, 5.74) is -0.481. The first-order valence-corrected chi connectivity index (χ1v) is 8.40. The van der Waals surface area contributed by atoms with Crippen molar-refractivity contribution in [3.63, 3.8) is 0 Å². The highest BCUT2D eigenvalue weighted by molar-refractivity contribution is 6.29. The molecule has 0 aromatic heterocycles. The molecule has 2 aliphatic carbocycles. The van der Waals surface area contributed by atoms with Crippen LogP contribution in [0.1, 0.15) is 78.1 Å². The summed E-state index contributed by atoms with van der Waals surface area (Å²) < 4.78 is 0. The van der Waals surface area contributed by atoms with E-state index in [9.17, 15) is 5.11 Å². The summed E-state index contributed by atoms with van der Waals surface area (Å²) in [7, 11) is 0. The minimum Gasteiger partial charge on any atom is -0.389 e. The molecule has 0 aromatic carbocycles. The van der Waals surface area contributed by atoms with E-state index < -0.39 is 5.60 Å². The van der Waals surface area contributed by atoms with E-state index in [-0.39, 0.29) is 5.41 Å². The number of hydrogen-bond acceptors (Lipinski definition) is 1. The van der Waals surface area contributed by atoms with Gasteiger partial charge in [0.1, 0.15) is 0 Å². The van der Waals surface area contributed by atoms with E-state index in [1.807, 2.05) is 0 Å². The molecular weight excluding hydrogens is 256 g/mol. The van der Waals surface area contributed by atoms with Crippen molar-refractivity contribution in [3.8, 4) is 0 Å². The Morgan fingerprint density at radius 1 is 1.11 bits per heavy atom. The van der Waals surface area contributed by atoms with Crippen LogP contribution in [0.25, 0.3) is 0 Å². The zero-order valence-electron chi connectivity index (χ0n) is 12.6. The minimum atomic E-state index is -0.509. The van der Waals surface area contributed by atoms with Crippen molar-refractivity contribution in [2.45, 2.75) is 83.7 Å². The molecule has 2 rings (SSSR count). The van der Waals surface area contributed by atoms with Gasteiger partial charge in [-0.3, -0.25) is 0 Å². The number of hydrogen-bond donors (Lipinski definition) is 1. The van der Waals surface area contributed by atoms with Gasteiger partial charge in [0.05, 0.1) is 5.60 Å². The fraction of sp³-hybridized carbons (Fsp3) is 0.882.